The van der Waals surface area contributed by atoms with Gasteiger partial charge < -0.3 is 10.5 Å². The van der Waals surface area contributed by atoms with Crippen LogP contribution in [0.15, 0.2) is 29.2 Å². The summed E-state index contributed by atoms with van der Waals surface area (Å²) in [6.07, 6.45) is 1.58. The zero-order valence-electron chi connectivity index (χ0n) is 13.4. The zero-order chi connectivity index (χ0) is 15.9. The molecule has 128 valence electrons. The molecule has 1 unspecified atom stereocenters. The van der Waals surface area contributed by atoms with Gasteiger partial charge in [0.2, 0.25) is 10.0 Å². The highest BCUT2D eigenvalue weighted by Crippen LogP contribution is 2.16. The van der Waals surface area contributed by atoms with Crippen LogP contribution in [0.1, 0.15) is 33.6 Å². The molecule has 0 aliphatic rings. The van der Waals surface area contributed by atoms with Crippen LogP contribution in [0.5, 0.6) is 5.75 Å². The first-order valence-corrected chi connectivity index (χ1v) is 8.77. The number of nitrogens with one attached hydrogen (secondary N) is 1. The molecule has 0 aliphatic heterocycles. The molecule has 0 heterocycles. The second-order valence-electron chi connectivity index (χ2n) is 5.67. The van der Waals surface area contributed by atoms with Crippen molar-refractivity contribution in [2.45, 2.75) is 44.6 Å². The van der Waals surface area contributed by atoms with Gasteiger partial charge in [-0.05, 0) is 49.9 Å². The molecular formula is C15H27ClN2O3S. The van der Waals surface area contributed by atoms with Gasteiger partial charge in [-0.3, -0.25) is 0 Å². The summed E-state index contributed by atoms with van der Waals surface area (Å²) in [5.74, 6) is 1.27. The number of halogens is 1. The monoisotopic (exact) mass is 350 g/mol. The predicted octanol–water partition coefficient (Wildman–Crippen LogP) is 2.55. The first kappa shape index (κ1) is 21.2. The van der Waals surface area contributed by atoms with Crippen LogP contribution in [0.3, 0.4) is 0 Å². The van der Waals surface area contributed by atoms with E-state index in [1.54, 1.807) is 24.3 Å². The molecule has 22 heavy (non-hydrogen) atoms. The molecule has 7 heteroatoms. The Hall–Kier alpha value is -0.820. The van der Waals surface area contributed by atoms with E-state index < -0.39 is 10.0 Å². The van der Waals surface area contributed by atoms with Crippen molar-refractivity contribution in [1.29, 1.82) is 0 Å². The number of rotatable bonds is 9. The Labute approximate surface area is 140 Å². The molecule has 0 spiro atoms. The van der Waals surface area contributed by atoms with Crippen LogP contribution < -0.4 is 15.2 Å². The van der Waals surface area contributed by atoms with E-state index in [0.29, 0.717) is 31.2 Å². The molecule has 0 aromatic heterocycles. The van der Waals surface area contributed by atoms with E-state index in [1.165, 1.54) is 0 Å². The fourth-order valence-corrected chi connectivity index (χ4v) is 2.68. The average Bonchev–Trinajstić information content (AvgIpc) is 2.38. The molecule has 0 fully saturated rings. The summed E-state index contributed by atoms with van der Waals surface area (Å²) < 4.78 is 32.2. The SMILES string of the molecule is CC(C)CCOc1ccc(S(=O)(=O)NCCC(C)N)cc1.Cl. The Kier molecular flexibility index (Phi) is 9.67. The van der Waals surface area contributed by atoms with Gasteiger partial charge in [0, 0.05) is 12.6 Å². The van der Waals surface area contributed by atoms with Crippen LogP contribution in [-0.4, -0.2) is 27.6 Å². The third kappa shape index (κ3) is 7.98. The summed E-state index contributed by atoms with van der Waals surface area (Å²) in [5.41, 5.74) is 5.60. The van der Waals surface area contributed by atoms with Crippen LogP contribution >= 0.6 is 12.4 Å². The molecule has 0 amide bonds. The highest BCUT2D eigenvalue weighted by atomic mass is 35.5. The number of benzene rings is 1. The van der Waals surface area contributed by atoms with E-state index in [4.69, 9.17) is 10.5 Å². The van der Waals surface area contributed by atoms with Crippen molar-refractivity contribution in [3.05, 3.63) is 24.3 Å². The minimum Gasteiger partial charge on any atom is -0.494 e. The standard InChI is InChI=1S/C15H26N2O3S.ClH/c1-12(2)9-11-20-14-4-6-15(7-5-14)21(18,19)17-10-8-13(3)16;/h4-7,12-13,17H,8-11,16H2,1-3H3;1H. The van der Waals surface area contributed by atoms with Crippen molar-refractivity contribution < 1.29 is 13.2 Å². The molecule has 3 N–H and O–H groups in total. The van der Waals surface area contributed by atoms with E-state index in [1.807, 2.05) is 6.92 Å². The summed E-state index contributed by atoms with van der Waals surface area (Å²) in [7, 11) is -3.47. The number of nitrogens with two attached hydrogens (primary N) is 1. The van der Waals surface area contributed by atoms with Crippen molar-refractivity contribution in [2.75, 3.05) is 13.2 Å². The third-order valence-electron chi connectivity index (χ3n) is 2.99. The largest absolute Gasteiger partial charge is 0.494 e. The van der Waals surface area contributed by atoms with Gasteiger partial charge in [0.05, 0.1) is 11.5 Å². The summed E-state index contributed by atoms with van der Waals surface area (Å²) in [6.45, 7) is 7.08. The Bertz CT molecular complexity index is 516. The van der Waals surface area contributed by atoms with Crippen molar-refractivity contribution in [3.63, 3.8) is 0 Å². The average molecular weight is 351 g/mol. The minimum atomic E-state index is -3.47. The molecule has 1 aromatic rings. The van der Waals surface area contributed by atoms with Crippen molar-refractivity contribution in [3.8, 4) is 5.75 Å². The van der Waals surface area contributed by atoms with Gasteiger partial charge in [0.1, 0.15) is 5.75 Å². The van der Waals surface area contributed by atoms with E-state index in [2.05, 4.69) is 18.6 Å². The molecule has 0 aliphatic carbocycles. The quantitative estimate of drug-likeness (QED) is 0.717. The van der Waals surface area contributed by atoms with Crippen LogP contribution in [0.2, 0.25) is 0 Å². The van der Waals surface area contributed by atoms with Crippen molar-refractivity contribution in [1.82, 2.24) is 4.72 Å². The lowest BCUT2D eigenvalue weighted by molar-refractivity contribution is 0.289. The molecule has 0 bridgehead atoms. The van der Waals surface area contributed by atoms with Gasteiger partial charge in [-0.1, -0.05) is 13.8 Å². The lowest BCUT2D eigenvalue weighted by atomic mass is 10.1. The van der Waals surface area contributed by atoms with Gasteiger partial charge in [-0.2, -0.15) is 0 Å². The van der Waals surface area contributed by atoms with Gasteiger partial charge in [0.15, 0.2) is 0 Å². The molecule has 1 atom stereocenters. The van der Waals surface area contributed by atoms with Crippen LogP contribution in [-0.2, 0) is 10.0 Å². The lowest BCUT2D eigenvalue weighted by Crippen LogP contribution is -2.29. The van der Waals surface area contributed by atoms with Crippen LogP contribution in [0.4, 0.5) is 0 Å². The number of sulfonamides is 1. The number of hydrogen-bond acceptors (Lipinski definition) is 4. The summed E-state index contributed by atoms with van der Waals surface area (Å²) in [4.78, 5) is 0.239. The maximum absolute atomic E-state index is 12.0. The fraction of sp³-hybridized carbons (Fsp3) is 0.600. The Morgan fingerprint density at radius 2 is 1.73 bits per heavy atom. The second-order valence-corrected chi connectivity index (χ2v) is 7.43. The van der Waals surface area contributed by atoms with Gasteiger partial charge in [0.25, 0.3) is 0 Å². The summed E-state index contributed by atoms with van der Waals surface area (Å²) >= 11 is 0. The maximum Gasteiger partial charge on any atom is 0.240 e. The van der Waals surface area contributed by atoms with Crippen molar-refractivity contribution in [2.24, 2.45) is 11.7 Å². The fourth-order valence-electron chi connectivity index (χ4n) is 1.63. The molecule has 1 aromatic carbocycles. The Balaban J connectivity index is 0.00000441. The maximum atomic E-state index is 12.0. The van der Waals surface area contributed by atoms with Crippen LogP contribution in [0, 0.1) is 5.92 Å². The molecule has 0 radical (unpaired) electrons. The third-order valence-corrected chi connectivity index (χ3v) is 4.47. The first-order valence-electron chi connectivity index (χ1n) is 7.29. The molecule has 0 saturated carbocycles. The Morgan fingerprint density at radius 3 is 2.23 bits per heavy atom. The minimum absolute atomic E-state index is 0. The summed E-state index contributed by atoms with van der Waals surface area (Å²) in [5, 5.41) is 0. The normalized spacial score (nSPS) is 12.8. The molecule has 5 nitrogen and oxygen atoms in total. The summed E-state index contributed by atoms with van der Waals surface area (Å²) in [6, 6.07) is 6.45. The van der Waals surface area contributed by atoms with Crippen LogP contribution in [0.25, 0.3) is 0 Å². The topological polar surface area (TPSA) is 81.4 Å². The second kappa shape index (κ2) is 10.0. The molecule has 0 saturated heterocycles. The Morgan fingerprint density at radius 1 is 1.14 bits per heavy atom. The smallest absolute Gasteiger partial charge is 0.240 e. The van der Waals surface area contributed by atoms with E-state index >= 15 is 0 Å². The van der Waals surface area contributed by atoms with Gasteiger partial charge in [-0.25, -0.2) is 13.1 Å². The van der Waals surface area contributed by atoms with E-state index in [0.717, 1.165) is 6.42 Å². The predicted molar refractivity (Wildman–Crippen MR) is 92.1 cm³/mol. The first-order chi connectivity index (χ1) is 9.81. The number of hydrogen-bond donors (Lipinski definition) is 2. The van der Waals surface area contributed by atoms with E-state index in [-0.39, 0.29) is 23.3 Å². The molecule has 1 rings (SSSR count). The van der Waals surface area contributed by atoms with Crippen molar-refractivity contribution >= 4 is 22.4 Å². The lowest BCUT2D eigenvalue weighted by Gasteiger charge is -2.10. The highest BCUT2D eigenvalue weighted by molar-refractivity contribution is 7.89. The van der Waals surface area contributed by atoms with Gasteiger partial charge >= 0.3 is 0 Å². The number of ether oxygens (including phenoxy) is 1. The zero-order valence-corrected chi connectivity index (χ0v) is 15.0. The highest BCUT2D eigenvalue weighted by Gasteiger charge is 2.13. The van der Waals surface area contributed by atoms with Gasteiger partial charge in [-0.15, -0.1) is 12.4 Å². The van der Waals surface area contributed by atoms with E-state index in [9.17, 15) is 8.42 Å². The molecular weight excluding hydrogens is 324 g/mol.